The van der Waals surface area contributed by atoms with Gasteiger partial charge >= 0.3 is 0 Å². The number of nitrogens with two attached hydrogens (primary N) is 1. The summed E-state index contributed by atoms with van der Waals surface area (Å²) in [6, 6.07) is 1.90. The van der Waals surface area contributed by atoms with Crippen LogP contribution in [0.15, 0.2) is 23.8 Å². The van der Waals surface area contributed by atoms with Crippen LogP contribution in [-0.4, -0.2) is 18.3 Å². The molecule has 0 aliphatic rings. The van der Waals surface area contributed by atoms with Crippen LogP contribution in [0.2, 0.25) is 0 Å². The summed E-state index contributed by atoms with van der Waals surface area (Å²) in [7, 11) is 0. The molecule has 0 aromatic rings. The fourth-order valence-electron chi connectivity index (χ4n) is 0.444. The smallest absolute Gasteiger partial charge is 0.0988 e. The van der Waals surface area contributed by atoms with E-state index in [1.165, 1.54) is 6.08 Å². The molecule has 0 unspecified atom stereocenters. The molecule has 3 heteroatoms. The van der Waals surface area contributed by atoms with Crippen molar-refractivity contribution in [1.29, 1.82) is 5.26 Å². The average Bonchev–Trinajstić information content (AvgIpc) is 1.98. The van der Waals surface area contributed by atoms with Crippen molar-refractivity contribution in [1.82, 2.24) is 0 Å². The highest BCUT2D eigenvalue weighted by Gasteiger charge is 1.83. The zero-order valence-corrected chi connectivity index (χ0v) is 5.62. The van der Waals surface area contributed by atoms with E-state index in [1.54, 1.807) is 12.2 Å². The van der Waals surface area contributed by atoms with Crippen molar-refractivity contribution in [3.63, 3.8) is 0 Å². The van der Waals surface area contributed by atoms with Crippen LogP contribution >= 0.6 is 0 Å². The van der Waals surface area contributed by atoms with Crippen LogP contribution in [0.25, 0.3) is 0 Å². The van der Waals surface area contributed by atoms with Gasteiger partial charge in [-0.25, -0.2) is 0 Å². The Morgan fingerprint density at radius 2 is 2.40 bits per heavy atom. The molecule has 0 radical (unpaired) electrons. The summed E-state index contributed by atoms with van der Waals surface area (Å²) < 4.78 is 0. The van der Waals surface area contributed by atoms with Gasteiger partial charge in [0.05, 0.1) is 12.7 Å². The second-order valence-electron chi connectivity index (χ2n) is 1.59. The van der Waals surface area contributed by atoms with Crippen molar-refractivity contribution >= 4 is 0 Å². The van der Waals surface area contributed by atoms with Crippen molar-refractivity contribution in [3.8, 4) is 6.07 Å². The highest BCUT2D eigenvalue weighted by Crippen LogP contribution is 1.92. The summed E-state index contributed by atoms with van der Waals surface area (Å²) in [4.78, 5) is 0. The second kappa shape index (κ2) is 6.02. The fraction of sp³-hybridized carbons (Fsp3) is 0.286. The maximum absolute atomic E-state index is 8.37. The van der Waals surface area contributed by atoms with Gasteiger partial charge in [-0.05, 0) is 12.2 Å². The number of nitrogens with zero attached hydrogens (tertiary/aromatic N) is 1. The van der Waals surface area contributed by atoms with E-state index in [1.807, 2.05) is 6.07 Å². The molecule has 0 aliphatic carbocycles. The van der Waals surface area contributed by atoms with Crippen LogP contribution in [0, 0.1) is 11.3 Å². The molecule has 3 N–H and O–H groups in total. The standard InChI is InChI=1S/C7H10N2O/c8-4-1-2-7(6-9)3-5-10/h1-3,10H,4-5,8H2/b2-1-,7-3+. The molecule has 10 heavy (non-hydrogen) atoms. The van der Waals surface area contributed by atoms with Crippen molar-refractivity contribution < 1.29 is 5.11 Å². The molecule has 0 atom stereocenters. The highest BCUT2D eigenvalue weighted by molar-refractivity contribution is 5.32. The van der Waals surface area contributed by atoms with Crippen LogP contribution in [0.3, 0.4) is 0 Å². The maximum atomic E-state index is 8.37. The van der Waals surface area contributed by atoms with Gasteiger partial charge in [-0.15, -0.1) is 0 Å². The van der Waals surface area contributed by atoms with Crippen LogP contribution in [0.5, 0.6) is 0 Å². The van der Waals surface area contributed by atoms with Gasteiger partial charge in [0.25, 0.3) is 0 Å². The Balaban J connectivity index is 3.99. The average molecular weight is 138 g/mol. The molecule has 0 amide bonds. The maximum Gasteiger partial charge on any atom is 0.0988 e. The number of aliphatic hydroxyl groups is 1. The van der Waals surface area contributed by atoms with E-state index in [2.05, 4.69) is 0 Å². The van der Waals surface area contributed by atoms with Gasteiger partial charge in [-0.1, -0.05) is 6.08 Å². The van der Waals surface area contributed by atoms with Crippen molar-refractivity contribution in [3.05, 3.63) is 23.8 Å². The fourth-order valence-corrected chi connectivity index (χ4v) is 0.444. The van der Waals surface area contributed by atoms with Crippen molar-refractivity contribution in [2.45, 2.75) is 0 Å². The molecular weight excluding hydrogens is 128 g/mol. The van der Waals surface area contributed by atoms with E-state index in [-0.39, 0.29) is 6.61 Å². The minimum atomic E-state index is -0.113. The summed E-state index contributed by atoms with van der Waals surface area (Å²) in [5.74, 6) is 0. The zero-order valence-electron chi connectivity index (χ0n) is 5.62. The lowest BCUT2D eigenvalue weighted by Crippen LogP contribution is -1.92. The van der Waals surface area contributed by atoms with Gasteiger partial charge in [0, 0.05) is 12.1 Å². The Morgan fingerprint density at radius 3 is 2.80 bits per heavy atom. The Labute approximate surface area is 60.1 Å². The first-order chi connectivity index (χ1) is 4.85. The number of allylic oxidation sites excluding steroid dienone is 2. The van der Waals surface area contributed by atoms with Gasteiger partial charge in [0.15, 0.2) is 0 Å². The number of hydrogen-bond acceptors (Lipinski definition) is 3. The first kappa shape index (κ1) is 8.89. The van der Waals surface area contributed by atoms with Crippen molar-refractivity contribution in [2.24, 2.45) is 5.73 Å². The predicted molar refractivity (Wildman–Crippen MR) is 39.0 cm³/mol. The van der Waals surface area contributed by atoms with Gasteiger partial charge in [0.2, 0.25) is 0 Å². The van der Waals surface area contributed by atoms with Crippen LogP contribution in [0.1, 0.15) is 0 Å². The third-order valence-electron chi connectivity index (χ3n) is 0.874. The van der Waals surface area contributed by atoms with Crippen LogP contribution < -0.4 is 5.73 Å². The first-order valence-electron chi connectivity index (χ1n) is 2.93. The molecule has 0 aromatic carbocycles. The SMILES string of the molecule is N#CC(/C=C\CN)=C/CO. The molecule has 0 saturated carbocycles. The Kier molecular flexibility index (Phi) is 5.35. The van der Waals surface area contributed by atoms with Gasteiger partial charge in [-0.2, -0.15) is 5.26 Å². The minimum absolute atomic E-state index is 0.113. The monoisotopic (exact) mass is 138 g/mol. The lowest BCUT2D eigenvalue weighted by atomic mass is 10.2. The first-order valence-corrected chi connectivity index (χ1v) is 2.93. The van der Waals surface area contributed by atoms with E-state index >= 15 is 0 Å². The van der Waals surface area contributed by atoms with E-state index < -0.39 is 0 Å². The third-order valence-corrected chi connectivity index (χ3v) is 0.874. The highest BCUT2D eigenvalue weighted by atomic mass is 16.2. The molecule has 0 fully saturated rings. The molecule has 0 bridgehead atoms. The quantitative estimate of drug-likeness (QED) is 0.424. The zero-order chi connectivity index (χ0) is 7.82. The molecule has 0 saturated heterocycles. The Morgan fingerprint density at radius 1 is 1.70 bits per heavy atom. The summed E-state index contributed by atoms with van der Waals surface area (Å²) in [5, 5.41) is 16.7. The topological polar surface area (TPSA) is 70.0 Å². The normalized spacial score (nSPS) is 11.9. The van der Waals surface area contributed by atoms with Crippen LogP contribution in [0.4, 0.5) is 0 Å². The molecule has 0 rings (SSSR count). The summed E-state index contributed by atoms with van der Waals surface area (Å²) in [6.45, 7) is 0.294. The Bertz CT molecular complexity index is 177. The van der Waals surface area contributed by atoms with E-state index in [9.17, 15) is 0 Å². The van der Waals surface area contributed by atoms with Crippen molar-refractivity contribution in [2.75, 3.05) is 13.2 Å². The second-order valence-corrected chi connectivity index (χ2v) is 1.59. The molecule has 3 nitrogen and oxygen atoms in total. The molecule has 0 aromatic heterocycles. The molecule has 0 spiro atoms. The molecule has 54 valence electrons. The van der Waals surface area contributed by atoms with Gasteiger partial charge in [-0.3, -0.25) is 0 Å². The number of rotatable bonds is 3. The summed E-state index contributed by atoms with van der Waals surface area (Å²) in [5.41, 5.74) is 5.58. The minimum Gasteiger partial charge on any atom is -0.392 e. The third kappa shape index (κ3) is 3.84. The molecule has 0 aliphatic heterocycles. The molecule has 0 heterocycles. The van der Waals surface area contributed by atoms with E-state index in [4.69, 9.17) is 16.1 Å². The lowest BCUT2D eigenvalue weighted by Gasteiger charge is -1.84. The summed E-state index contributed by atoms with van der Waals surface area (Å²) >= 11 is 0. The predicted octanol–water partition coefficient (Wildman–Crippen LogP) is -0.0564. The van der Waals surface area contributed by atoms with E-state index in [0.717, 1.165) is 0 Å². The number of hydrogen-bond donors (Lipinski definition) is 2. The Hall–Kier alpha value is -1.11. The number of nitriles is 1. The van der Waals surface area contributed by atoms with E-state index in [0.29, 0.717) is 12.1 Å². The van der Waals surface area contributed by atoms with Gasteiger partial charge in [0.1, 0.15) is 0 Å². The van der Waals surface area contributed by atoms with Gasteiger partial charge < -0.3 is 10.8 Å². The largest absolute Gasteiger partial charge is 0.392 e. The molecular formula is C7H10N2O. The van der Waals surface area contributed by atoms with Crippen LogP contribution in [-0.2, 0) is 0 Å². The lowest BCUT2D eigenvalue weighted by molar-refractivity contribution is 0.342. The number of aliphatic hydroxyl groups excluding tert-OH is 1. The summed E-state index contributed by atoms with van der Waals surface area (Å²) in [6.07, 6.45) is 4.66.